The summed E-state index contributed by atoms with van der Waals surface area (Å²) >= 11 is 11.1. The molecular weight excluding hydrogens is 350 g/mol. The fraction of sp³-hybridized carbons (Fsp3) is 0.333. The summed E-state index contributed by atoms with van der Waals surface area (Å²) in [5, 5.41) is 7.38. The Balaban J connectivity index is 2.00. The fourth-order valence-corrected chi connectivity index (χ4v) is 3.32. The number of thiophene rings is 1. The van der Waals surface area contributed by atoms with E-state index in [1.807, 2.05) is 13.0 Å². The summed E-state index contributed by atoms with van der Waals surface area (Å²) in [6.45, 7) is 3.08. The molecule has 0 saturated carbocycles. The van der Waals surface area contributed by atoms with Crippen LogP contribution in [0.4, 0.5) is 5.69 Å². The average Bonchev–Trinajstić information content (AvgIpc) is 2.81. The van der Waals surface area contributed by atoms with Crippen molar-refractivity contribution in [3.63, 3.8) is 0 Å². The third-order valence-corrected chi connectivity index (χ3v) is 4.65. The lowest BCUT2D eigenvalue weighted by atomic mass is 10.3. The molecule has 0 aromatic carbocycles. The molecule has 0 radical (unpaired) electrons. The normalized spacial score (nSPS) is 10.7. The third kappa shape index (κ3) is 3.58. The summed E-state index contributed by atoms with van der Waals surface area (Å²) < 4.78 is 2.46. The Kier molecular flexibility index (Phi) is 5.01. The molecule has 2 aromatic heterocycles. The Morgan fingerprint density at radius 1 is 1.53 bits per heavy atom. The van der Waals surface area contributed by atoms with Crippen molar-refractivity contribution in [3.05, 3.63) is 42.4 Å². The van der Waals surface area contributed by atoms with Crippen molar-refractivity contribution in [2.24, 2.45) is 0 Å². The van der Waals surface area contributed by atoms with Gasteiger partial charge in [-0.25, -0.2) is 4.68 Å². The first-order chi connectivity index (χ1) is 9.11. The summed E-state index contributed by atoms with van der Waals surface area (Å²) in [5.41, 5.74) is 0.333. The van der Waals surface area contributed by atoms with Crippen molar-refractivity contribution >= 4 is 44.6 Å². The largest absolute Gasteiger partial charge is 0.382 e. The molecule has 0 atom stereocenters. The molecule has 19 heavy (non-hydrogen) atoms. The molecule has 4 nitrogen and oxygen atoms in total. The Morgan fingerprint density at radius 2 is 2.32 bits per heavy atom. The van der Waals surface area contributed by atoms with Crippen LogP contribution in [0.2, 0.25) is 5.02 Å². The summed E-state index contributed by atoms with van der Waals surface area (Å²) in [6.07, 6.45) is 2.47. The van der Waals surface area contributed by atoms with Crippen LogP contribution in [0.5, 0.6) is 0 Å². The number of nitrogens with zero attached hydrogens (tertiary/aromatic N) is 2. The average molecular weight is 363 g/mol. The molecule has 7 heteroatoms. The maximum atomic E-state index is 11.8. The molecule has 0 unspecified atom stereocenters. The Hall–Kier alpha value is -0.850. The van der Waals surface area contributed by atoms with Crippen molar-refractivity contribution in [3.8, 4) is 0 Å². The monoisotopic (exact) mass is 361 g/mol. The standard InChI is InChI=1S/C12H13BrClN3OS/c1-2-17-12(18)11(14)9(7-16-17)15-6-5-8-3-4-10(13)19-8/h3-4,7,15H,2,5-6H2,1H3. The van der Waals surface area contributed by atoms with Gasteiger partial charge in [0.25, 0.3) is 5.56 Å². The van der Waals surface area contributed by atoms with Crippen molar-refractivity contribution in [2.75, 3.05) is 11.9 Å². The first-order valence-electron chi connectivity index (χ1n) is 5.85. The second kappa shape index (κ2) is 6.54. The maximum absolute atomic E-state index is 11.8. The predicted octanol–water partition coefficient (Wildman–Crippen LogP) is 3.40. The smallest absolute Gasteiger partial charge is 0.287 e. The van der Waals surface area contributed by atoms with Crippen LogP contribution in [0, 0.1) is 0 Å². The van der Waals surface area contributed by atoms with E-state index in [1.54, 1.807) is 17.5 Å². The highest BCUT2D eigenvalue weighted by Crippen LogP contribution is 2.22. The minimum Gasteiger partial charge on any atom is -0.382 e. The molecule has 0 aliphatic carbocycles. The highest BCUT2D eigenvalue weighted by Gasteiger charge is 2.08. The van der Waals surface area contributed by atoms with Gasteiger partial charge >= 0.3 is 0 Å². The summed E-state index contributed by atoms with van der Waals surface area (Å²) in [6, 6.07) is 4.10. The second-order valence-electron chi connectivity index (χ2n) is 3.88. The van der Waals surface area contributed by atoms with Crippen LogP contribution in [0.15, 0.2) is 26.9 Å². The Labute approximate surface area is 128 Å². The zero-order valence-electron chi connectivity index (χ0n) is 10.3. The first kappa shape index (κ1) is 14.6. The van der Waals surface area contributed by atoms with E-state index in [0.29, 0.717) is 18.8 Å². The summed E-state index contributed by atoms with van der Waals surface area (Å²) in [7, 11) is 0. The molecule has 0 aliphatic rings. The van der Waals surface area contributed by atoms with Gasteiger partial charge in [0, 0.05) is 18.0 Å². The topological polar surface area (TPSA) is 46.9 Å². The number of nitrogens with one attached hydrogen (secondary N) is 1. The fourth-order valence-electron chi connectivity index (χ4n) is 1.62. The van der Waals surface area contributed by atoms with Crippen molar-refractivity contribution < 1.29 is 0 Å². The van der Waals surface area contributed by atoms with Crippen molar-refractivity contribution in [1.82, 2.24) is 9.78 Å². The van der Waals surface area contributed by atoms with Crippen LogP contribution >= 0.6 is 38.9 Å². The molecule has 0 bridgehead atoms. The molecule has 0 spiro atoms. The molecule has 0 fully saturated rings. The first-order valence-corrected chi connectivity index (χ1v) is 7.84. The van der Waals surface area contributed by atoms with Crippen LogP contribution < -0.4 is 10.9 Å². The van der Waals surface area contributed by atoms with Gasteiger partial charge in [-0.1, -0.05) is 11.6 Å². The molecule has 2 aromatic rings. The quantitative estimate of drug-likeness (QED) is 0.887. The molecule has 102 valence electrons. The van der Waals surface area contributed by atoms with Gasteiger partial charge in [0.1, 0.15) is 5.02 Å². The van der Waals surface area contributed by atoms with E-state index in [2.05, 4.69) is 32.4 Å². The Morgan fingerprint density at radius 3 is 2.95 bits per heavy atom. The van der Waals surface area contributed by atoms with Gasteiger partial charge in [-0.15, -0.1) is 11.3 Å². The highest BCUT2D eigenvalue weighted by atomic mass is 79.9. The van der Waals surface area contributed by atoms with Gasteiger partial charge in [0.2, 0.25) is 0 Å². The lowest BCUT2D eigenvalue weighted by Gasteiger charge is -2.08. The molecule has 0 amide bonds. The minimum absolute atomic E-state index is 0.198. The lowest BCUT2D eigenvalue weighted by Crippen LogP contribution is -2.23. The second-order valence-corrected chi connectivity index (χ2v) is 6.80. The van der Waals surface area contributed by atoms with E-state index < -0.39 is 0 Å². The van der Waals surface area contributed by atoms with E-state index in [4.69, 9.17) is 11.6 Å². The number of halogens is 2. The zero-order valence-corrected chi connectivity index (χ0v) is 13.5. The minimum atomic E-state index is -0.256. The van der Waals surface area contributed by atoms with Crippen LogP contribution in [0.1, 0.15) is 11.8 Å². The van der Waals surface area contributed by atoms with Gasteiger partial charge in [-0.2, -0.15) is 5.10 Å². The number of hydrogen-bond donors (Lipinski definition) is 1. The molecule has 2 rings (SSSR count). The van der Waals surface area contributed by atoms with E-state index in [1.165, 1.54) is 9.56 Å². The van der Waals surface area contributed by atoms with Crippen LogP contribution in [0.3, 0.4) is 0 Å². The Bertz CT molecular complexity index is 626. The zero-order chi connectivity index (χ0) is 13.8. The number of aromatic nitrogens is 2. The van der Waals surface area contributed by atoms with Gasteiger partial charge < -0.3 is 5.32 Å². The molecule has 2 heterocycles. The third-order valence-electron chi connectivity index (χ3n) is 2.60. The van der Waals surface area contributed by atoms with E-state index >= 15 is 0 Å². The van der Waals surface area contributed by atoms with Crippen LogP contribution in [-0.2, 0) is 13.0 Å². The predicted molar refractivity (Wildman–Crippen MR) is 83.4 cm³/mol. The van der Waals surface area contributed by atoms with Gasteiger partial charge in [-0.05, 0) is 41.4 Å². The van der Waals surface area contributed by atoms with E-state index in [9.17, 15) is 4.79 Å². The van der Waals surface area contributed by atoms with Crippen molar-refractivity contribution in [2.45, 2.75) is 19.9 Å². The number of anilines is 1. The van der Waals surface area contributed by atoms with E-state index in [0.717, 1.165) is 10.2 Å². The maximum Gasteiger partial charge on any atom is 0.287 e. The number of aryl methyl sites for hydroxylation is 1. The molecule has 0 saturated heterocycles. The number of hydrogen-bond acceptors (Lipinski definition) is 4. The summed E-state index contributed by atoms with van der Waals surface area (Å²) in [5.74, 6) is 0. The molecule has 0 aliphatic heterocycles. The van der Waals surface area contributed by atoms with E-state index in [-0.39, 0.29) is 10.6 Å². The summed E-state index contributed by atoms with van der Waals surface area (Å²) in [4.78, 5) is 13.1. The highest BCUT2D eigenvalue weighted by molar-refractivity contribution is 9.11. The SMILES string of the molecule is CCn1ncc(NCCc2ccc(Br)s2)c(Cl)c1=O. The molecular formula is C12H13BrClN3OS. The van der Waals surface area contributed by atoms with Gasteiger partial charge in [0.15, 0.2) is 0 Å². The van der Waals surface area contributed by atoms with Crippen LogP contribution in [-0.4, -0.2) is 16.3 Å². The van der Waals surface area contributed by atoms with Gasteiger partial charge in [0.05, 0.1) is 15.7 Å². The lowest BCUT2D eigenvalue weighted by molar-refractivity contribution is 0.616. The van der Waals surface area contributed by atoms with Crippen LogP contribution in [0.25, 0.3) is 0 Å². The number of rotatable bonds is 5. The van der Waals surface area contributed by atoms with Gasteiger partial charge in [-0.3, -0.25) is 4.79 Å². The van der Waals surface area contributed by atoms with Crippen molar-refractivity contribution in [1.29, 1.82) is 0 Å². The molecule has 1 N–H and O–H groups in total.